The molecule has 0 atom stereocenters. The van der Waals surface area contributed by atoms with E-state index >= 15 is 0 Å². The van der Waals surface area contributed by atoms with E-state index in [1.807, 2.05) is 11.9 Å². The van der Waals surface area contributed by atoms with Crippen LogP contribution in [-0.2, 0) is 18.9 Å². The van der Waals surface area contributed by atoms with E-state index in [1.54, 1.807) is 6.07 Å². The highest BCUT2D eigenvalue weighted by Gasteiger charge is 2.15. The van der Waals surface area contributed by atoms with Crippen LogP contribution in [0.1, 0.15) is 0 Å². The molecular formula is C17H26N2O7. The van der Waals surface area contributed by atoms with Crippen molar-refractivity contribution in [2.45, 2.75) is 0 Å². The van der Waals surface area contributed by atoms with E-state index in [9.17, 15) is 10.1 Å². The number of non-ortho nitro benzene ring substituents is 1. The number of benzene rings is 1. The van der Waals surface area contributed by atoms with Crippen LogP contribution in [0.15, 0.2) is 18.2 Å². The minimum atomic E-state index is -0.438. The second kappa shape index (κ2) is 11.6. The van der Waals surface area contributed by atoms with Crippen LogP contribution in [0.4, 0.5) is 11.4 Å². The van der Waals surface area contributed by atoms with Crippen LogP contribution in [0.3, 0.4) is 0 Å². The number of nitro benzene ring substituents is 1. The zero-order chi connectivity index (χ0) is 18.6. The lowest BCUT2D eigenvalue weighted by atomic mass is 10.2. The van der Waals surface area contributed by atoms with Gasteiger partial charge in [-0.3, -0.25) is 10.1 Å². The first-order valence-corrected chi connectivity index (χ1v) is 8.62. The molecule has 0 aromatic heterocycles. The molecule has 1 aromatic carbocycles. The maximum Gasteiger partial charge on any atom is 0.273 e. The molecule has 1 aliphatic rings. The highest BCUT2D eigenvalue weighted by atomic mass is 16.6. The Morgan fingerprint density at radius 1 is 0.885 bits per heavy atom. The Morgan fingerprint density at radius 2 is 1.42 bits per heavy atom. The van der Waals surface area contributed by atoms with Gasteiger partial charge in [-0.25, -0.2) is 0 Å². The van der Waals surface area contributed by atoms with Gasteiger partial charge in [-0.15, -0.1) is 0 Å². The number of hydrogen-bond donors (Lipinski definition) is 0. The number of hydrogen-bond acceptors (Lipinski definition) is 8. The predicted molar refractivity (Wildman–Crippen MR) is 95.1 cm³/mol. The summed E-state index contributed by atoms with van der Waals surface area (Å²) in [7, 11) is 1.89. The monoisotopic (exact) mass is 370 g/mol. The van der Waals surface area contributed by atoms with Gasteiger partial charge < -0.3 is 28.6 Å². The number of rotatable bonds is 1. The second-order valence-corrected chi connectivity index (χ2v) is 5.63. The minimum absolute atomic E-state index is 0.0120. The van der Waals surface area contributed by atoms with Crippen LogP contribution < -0.4 is 9.64 Å². The third-order valence-electron chi connectivity index (χ3n) is 3.74. The maximum atomic E-state index is 11.0. The number of ether oxygens (including phenoxy) is 5. The summed E-state index contributed by atoms with van der Waals surface area (Å²) in [6.07, 6.45) is 0. The van der Waals surface area contributed by atoms with Gasteiger partial charge in [0.25, 0.3) is 5.69 Å². The van der Waals surface area contributed by atoms with Gasteiger partial charge in [-0.2, -0.15) is 0 Å². The minimum Gasteiger partial charge on any atom is -0.489 e. The Hall–Kier alpha value is -1.94. The predicted octanol–water partition coefficient (Wildman–Crippen LogP) is 1.49. The number of nitrogens with zero attached hydrogens (tertiary/aromatic N) is 2. The average Bonchev–Trinajstić information content (AvgIpc) is 2.63. The molecule has 1 aromatic rings. The summed E-state index contributed by atoms with van der Waals surface area (Å²) in [4.78, 5) is 12.5. The molecule has 0 saturated heterocycles. The van der Waals surface area contributed by atoms with Crippen LogP contribution in [0.2, 0.25) is 0 Å². The molecule has 26 heavy (non-hydrogen) atoms. The smallest absolute Gasteiger partial charge is 0.273 e. The fourth-order valence-corrected chi connectivity index (χ4v) is 2.34. The van der Waals surface area contributed by atoms with Crippen LogP contribution in [0.25, 0.3) is 0 Å². The molecule has 1 heterocycles. The molecule has 9 heteroatoms. The van der Waals surface area contributed by atoms with Crippen molar-refractivity contribution in [2.75, 3.05) is 78.0 Å². The first-order valence-electron chi connectivity index (χ1n) is 8.62. The van der Waals surface area contributed by atoms with Gasteiger partial charge in [0, 0.05) is 19.7 Å². The SMILES string of the molecule is CN1CCOCCOCCOCCOCCOc2cc([N+](=O)[O-])ccc21. The topological polar surface area (TPSA) is 92.5 Å². The first kappa shape index (κ1) is 20.4. The van der Waals surface area contributed by atoms with E-state index in [1.165, 1.54) is 12.1 Å². The van der Waals surface area contributed by atoms with Crippen molar-refractivity contribution in [1.29, 1.82) is 0 Å². The molecule has 2 rings (SSSR count). The number of fused-ring (bicyclic) bond motifs is 1. The van der Waals surface area contributed by atoms with Crippen LogP contribution in [-0.4, -0.2) is 78.0 Å². The number of likely N-dealkylation sites (N-methyl/N-ethyl adjacent to an activating group) is 1. The highest BCUT2D eigenvalue weighted by molar-refractivity contribution is 5.62. The molecule has 0 N–H and O–H groups in total. The van der Waals surface area contributed by atoms with Crippen molar-refractivity contribution in [2.24, 2.45) is 0 Å². The van der Waals surface area contributed by atoms with Gasteiger partial charge >= 0.3 is 0 Å². The fourth-order valence-electron chi connectivity index (χ4n) is 2.34. The molecule has 146 valence electrons. The standard InChI is InChI=1S/C17H26N2O7/c1-18-4-5-22-6-7-23-8-9-24-10-11-25-12-13-26-17-14-15(19(20)21)2-3-16(17)18/h2-3,14H,4-13H2,1H3. The molecule has 0 radical (unpaired) electrons. The molecule has 0 amide bonds. The normalized spacial score (nSPS) is 18.9. The van der Waals surface area contributed by atoms with Gasteiger partial charge in [-0.1, -0.05) is 0 Å². The van der Waals surface area contributed by atoms with Crippen molar-refractivity contribution >= 4 is 11.4 Å². The quantitative estimate of drug-likeness (QED) is 0.542. The van der Waals surface area contributed by atoms with Crippen LogP contribution in [0.5, 0.6) is 5.75 Å². The van der Waals surface area contributed by atoms with Crippen molar-refractivity contribution in [3.63, 3.8) is 0 Å². The summed E-state index contributed by atoms with van der Waals surface area (Å²) >= 11 is 0. The van der Waals surface area contributed by atoms with E-state index in [2.05, 4.69) is 0 Å². The molecule has 0 fully saturated rings. The van der Waals surface area contributed by atoms with Gasteiger partial charge in [0.1, 0.15) is 12.4 Å². The van der Waals surface area contributed by atoms with Crippen molar-refractivity contribution in [1.82, 2.24) is 0 Å². The van der Waals surface area contributed by atoms with Crippen molar-refractivity contribution in [3.05, 3.63) is 28.3 Å². The van der Waals surface area contributed by atoms with E-state index < -0.39 is 4.92 Å². The van der Waals surface area contributed by atoms with Gasteiger partial charge in [0.2, 0.25) is 0 Å². The molecule has 0 spiro atoms. The van der Waals surface area contributed by atoms with Crippen molar-refractivity contribution in [3.8, 4) is 5.75 Å². The number of nitro groups is 1. The molecule has 0 unspecified atom stereocenters. The summed E-state index contributed by atoms with van der Waals surface area (Å²) in [6.45, 7) is 4.77. The Bertz CT molecular complexity index is 556. The second-order valence-electron chi connectivity index (χ2n) is 5.63. The van der Waals surface area contributed by atoms with Crippen molar-refractivity contribution < 1.29 is 28.6 Å². The molecular weight excluding hydrogens is 344 g/mol. The summed E-state index contributed by atoms with van der Waals surface area (Å²) < 4.78 is 27.5. The van der Waals surface area contributed by atoms with Gasteiger partial charge in [0.15, 0.2) is 0 Å². The average molecular weight is 370 g/mol. The molecule has 0 bridgehead atoms. The first-order chi connectivity index (χ1) is 12.7. The van der Waals surface area contributed by atoms with Crippen LogP contribution in [0, 0.1) is 10.1 Å². The van der Waals surface area contributed by atoms with E-state index in [4.69, 9.17) is 23.7 Å². The fraction of sp³-hybridized carbons (Fsp3) is 0.647. The van der Waals surface area contributed by atoms with Crippen LogP contribution >= 0.6 is 0 Å². The Labute approximate surface area is 152 Å². The number of anilines is 1. The third-order valence-corrected chi connectivity index (χ3v) is 3.74. The lowest BCUT2D eigenvalue weighted by molar-refractivity contribution is -0.384. The molecule has 0 aliphatic carbocycles. The summed E-state index contributed by atoms with van der Waals surface area (Å²) in [5.74, 6) is 0.450. The Balaban J connectivity index is 2.01. The third kappa shape index (κ3) is 7.12. The maximum absolute atomic E-state index is 11.0. The highest BCUT2D eigenvalue weighted by Crippen LogP contribution is 2.31. The molecule has 9 nitrogen and oxygen atoms in total. The van der Waals surface area contributed by atoms with E-state index in [0.717, 1.165) is 5.69 Å². The van der Waals surface area contributed by atoms with E-state index in [0.29, 0.717) is 71.8 Å². The van der Waals surface area contributed by atoms with Gasteiger partial charge in [-0.05, 0) is 6.07 Å². The Kier molecular flexibility index (Phi) is 9.11. The molecule has 1 aliphatic heterocycles. The summed E-state index contributed by atoms with van der Waals surface area (Å²) in [5, 5.41) is 11.0. The summed E-state index contributed by atoms with van der Waals surface area (Å²) in [5.41, 5.74) is 0.752. The largest absolute Gasteiger partial charge is 0.489 e. The zero-order valence-electron chi connectivity index (χ0n) is 15.1. The zero-order valence-corrected chi connectivity index (χ0v) is 15.1. The summed E-state index contributed by atoms with van der Waals surface area (Å²) in [6, 6.07) is 4.58. The Morgan fingerprint density at radius 3 is 2.00 bits per heavy atom. The van der Waals surface area contributed by atoms with Gasteiger partial charge in [0.05, 0.1) is 69.5 Å². The van der Waals surface area contributed by atoms with E-state index in [-0.39, 0.29) is 5.69 Å². The lowest BCUT2D eigenvalue weighted by Gasteiger charge is -2.22. The lowest BCUT2D eigenvalue weighted by Crippen LogP contribution is -2.24. The molecule has 0 saturated carbocycles.